The highest BCUT2D eigenvalue weighted by Crippen LogP contribution is 2.28. The Labute approximate surface area is 223 Å². The summed E-state index contributed by atoms with van der Waals surface area (Å²) < 4.78 is 1.99. The van der Waals surface area contributed by atoms with Gasteiger partial charge in [0.15, 0.2) is 5.82 Å². The molecule has 0 aliphatic carbocycles. The van der Waals surface area contributed by atoms with Crippen molar-refractivity contribution in [1.82, 2.24) is 29.8 Å². The number of piperidine rings is 1. The normalized spacial score (nSPS) is 16.8. The van der Waals surface area contributed by atoms with Gasteiger partial charge in [-0.2, -0.15) is 5.10 Å². The van der Waals surface area contributed by atoms with Crippen LogP contribution in [0.4, 0.5) is 5.82 Å². The van der Waals surface area contributed by atoms with Gasteiger partial charge in [-0.25, -0.2) is 0 Å². The fraction of sp³-hybridized carbons (Fsp3) is 0.400. The summed E-state index contributed by atoms with van der Waals surface area (Å²) in [5.41, 5.74) is 6.03. The topological polar surface area (TPSA) is 79.2 Å². The number of fused-ring (bicyclic) bond motifs is 1. The van der Waals surface area contributed by atoms with Crippen molar-refractivity contribution >= 4 is 22.6 Å². The fourth-order valence-corrected chi connectivity index (χ4v) is 5.69. The number of likely N-dealkylation sites (tertiary alicyclic amines) is 2. The SMILES string of the molecule is Cn1ncc(-c2ccc3nnc(NC(=O)c4cccc(CN5CCCC5)c4)cc3c2)c1CN1CCCCC1. The number of benzene rings is 2. The third-order valence-corrected chi connectivity index (χ3v) is 7.82. The van der Waals surface area contributed by atoms with E-state index < -0.39 is 0 Å². The second kappa shape index (κ2) is 11.0. The Bertz CT molecular complexity index is 1430. The molecule has 196 valence electrons. The largest absolute Gasteiger partial charge is 0.305 e. The summed E-state index contributed by atoms with van der Waals surface area (Å²) in [5, 5.41) is 17.1. The molecule has 0 saturated carbocycles. The second-order valence-electron chi connectivity index (χ2n) is 10.6. The smallest absolute Gasteiger partial charge is 0.256 e. The average molecular weight is 510 g/mol. The summed E-state index contributed by atoms with van der Waals surface area (Å²) in [6.07, 6.45) is 8.31. The minimum Gasteiger partial charge on any atom is -0.305 e. The van der Waals surface area contributed by atoms with Gasteiger partial charge in [0.1, 0.15) is 0 Å². The predicted molar refractivity (Wildman–Crippen MR) is 150 cm³/mol. The van der Waals surface area contributed by atoms with Crippen LogP contribution in [0.2, 0.25) is 0 Å². The van der Waals surface area contributed by atoms with Gasteiger partial charge in [-0.3, -0.25) is 19.3 Å². The summed E-state index contributed by atoms with van der Waals surface area (Å²) in [4.78, 5) is 18.0. The van der Waals surface area contributed by atoms with E-state index >= 15 is 0 Å². The number of nitrogens with one attached hydrogen (secondary N) is 1. The van der Waals surface area contributed by atoms with Crippen LogP contribution in [0.25, 0.3) is 22.0 Å². The van der Waals surface area contributed by atoms with Crippen molar-refractivity contribution in [2.75, 3.05) is 31.5 Å². The standard InChI is InChI=1S/C30H35N7O/c1-35-28(21-37-12-3-2-4-13-37)26(19-31-35)23-10-11-27-25(17-23)18-29(34-33-27)32-30(38)24-9-7-8-22(16-24)20-36-14-5-6-15-36/h7-11,16-19H,2-6,12-15,20-21H2,1H3,(H,32,34,38). The van der Waals surface area contributed by atoms with E-state index in [1.807, 2.05) is 48.3 Å². The molecule has 8 heteroatoms. The van der Waals surface area contributed by atoms with E-state index in [1.165, 1.54) is 37.8 Å². The lowest BCUT2D eigenvalue weighted by atomic mass is 10.0. The Morgan fingerprint density at radius 2 is 1.63 bits per heavy atom. The number of aromatic nitrogens is 4. The number of aryl methyl sites for hydroxylation is 1. The molecule has 2 aromatic carbocycles. The van der Waals surface area contributed by atoms with E-state index in [0.717, 1.165) is 66.9 Å². The first kappa shape index (κ1) is 24.7. The summed E-state index contributed by atoms with van der Waals surface area (Å²) in [5.74, 6) is 0.276. The molecule has 0 spiro atoms. The van der Waals surface area contributed by atoms with E-state index in [2.05, 4.69) is 48.6 Å². The zero-order chi connectivity index (χ0) is 25.9. The number of hydrogen-bond donors (Lipinski definition) is 1. The van der Waals surface area contributed by atoms with Crippen LogP contribution in [0.15, 0.2) is 54.7 Å². The van der Waals surface area contributed by atoms with E-state index in [4.69, 9.17) is 0 Å². The van der Waals surface area contributed by atoms with Crippen molar-refractivity contribution in [3.8, 4) is 11.1 Å². The third kappa shape index (κ3) is 5.47. The molecule has 38 heavy (non-hydrogen) atoms. The Morgan fingerprint density at radius 1 is 0.868 bits per heavy atom. The Hall–Kier alpha value is -3.62. The number of carbonyl (C=O) groups is 1. The molecule has 0 unspecified atom stereocenters. The van der Waals surface area contributed by atoms with Crippen molar-refractivity contribution in [2.24, 2.45) is 7.05 Å². The number of carbonyl (C=O) groups excluding carboxylic acids is 1. The maximum absolute atomic E-state index is 13.1. The maximum atomic E-state index is 13.1. The molecular weight excluding hydrogens is 474 g/mol. The second-order valence-corrected chi connectivity index (χ2v) is 10.6. The zero-order valence-corrected chi connectivity index (χ0v) is 22.1. The molecular formula is C30H35N7O. The van der Waals surface area contributed by atoms with E-state index in [9.17, 15) is 4.79 Å². The molecule has 2 saturated heterocycles. The molecule has 1 amide bonds. The average Bonchev–Trinajstić information content (AvgIpc) is 3.59. The Balaban J connectivity index is 1.21. The first-order valence-corrected chi connectivity index (χ1v) is 13.8. The summed E-state index contributed by atoms with van der Waals surface area (Å²) in [6.45, 7) is 6.32. The number of anilines is 1. The molecule has 1 N–H and O–H groups in total. The van der Waals surface area contributed by atoms with Gasteiger partial charge in [0, 0.05) is 36.7 Å². The van der Waals surface area contributed by atoms with Crippen molar-refractivity contribution in [3.05, 3.63) is 71.5 Å². The number of rotatable bonds is 7. The number of amides is 1. The van der Waals surface area contributed by atoms with Crippen LogP contribution < -0.4 is 5.32 Å². The molecule has 6 rings (SSSR count). The Morgan fingerprint density at radius 3 is 2.45 bits per heavy atom. The van der Waals surface area contributed by atoms with Crippen molar-refractivity contribution in [1.29, 1.82) is 0 Å². The molecule has 4 aromatic rings. The maximum Gasteiger partial charge on any atom is 0.256 e. The molecule has 0 radical (unpaired) electrons. The lowest BCUT2D eigenvalue weighted by Gasteiger charge is -2.26. The molecule has 8 nitrogen and oxygen atoms in total. The van der Waals surface area contributed by atoms with Gasteiger partial charge in [-0.05, 0) is 93.3 Å². The van der Waals surface area contributed by atoms with Crippen LogP contribution in [-0.4, -0.2) is 61.9 Å². The van der Waals surface area contributed by atoms with Crippen molar-refractivity contribution < 1.29 is 4.79 Å². The van der Waals surface area contributed by atoms with Gasteiger partial charge < -0.3 is 5.32 Å². The van der Waals surface area contributed by atoms with E-state index in [-0.39, 0.29) is 5.91 Å². The minimum atomic E-state index is -0.172. The third-order valence-electron chi connectivity index (χ3n) is 7.82. The van der Waals surface area contributed by atoms with Crippen LogP contribution in [0.5, 0.6) is 0 Å². The first-order valence-electron chi connectivity index (χ1n) is 13.8. The quantitative estimate of drug-likeness (QED) is 0.383. The molecule has 2 fully saturated rings. The summed E-state index contributed by atoms with van der Waals surface area (Å²) in [7, 11) is 2.02. The van der Waals surface area contributed by atoms with Gasteiger partial charge in [0.05, 0.1) is 17.4 Å². The summed E-state index contributed by atoms with van der Waals surface area (Å²) in [6, 6.07) is 16.0. The molecule has 0 bridgehead atoms. The fourth-order valence-electron chi connectivity index (χ4n) is 5.69. The van der Waals surface area contributed by atoms with Crippen molar-refractivity contribution in [3.63, 3.8) is 0 Å². The van der Waals surface area contributed by atoms with Gasteiger partial charge in [-0.1, -0.05) is 24.6 Å². The molecule has 2 aromatic heterocycles. The van der Waals surface area contributed by atoms with Crippen molar-refractivity contribution in [2.45, 2.75) is 45.2 Å². The number of hydrogen-bond acceptors (Lipinski definition) is 6. The van der Waals surface area contributed by atoms with Crippen LogP contribution in [-0.2, 0) is 20.1 Å². The lowest BCUT2D eigenvalue weighted by molar-refractivity contribution is 0.102. The van der Waals surface area contributed by atoms with Crippen LogP contribution >= 0.6 is 0 Å². The lowest BCUT2D eigenvalue weighted by Crippen LogP contribution is -2.30. The van der Waals surface area contributed by atoms with Gasteiger partial charge in [0.2, 0.25) is 0 Å². The van der Waals surface area contributed by atoms with Gasteiger partial charge >= 0.3 is 0 Å². The molecule has 0 atom stereocenters. The summed E-state index contributed by atoms with van der Waals surface area (Å²) >= 11 is 0. The Kier molecular flexibility index (Phi) is 7.16. The molecule has 2 aliphatic rings. The zero-order valence-electron chi connectivity index (χ0n) is 22.1. The first-order chi connectivity index (χ1) is 18.6. The van der Waals surface area contributed by atoms with Crippen LogP contribution in [0.1, 0.15) is 53.7 Å². The molecule has 2 aliphatic heterocycles. The highest BCUT2D eigenvalue weighted by molar-refractivity contribution is 6.04. The van der Waals surface area contributed by atoms with E-state index in [0.29, 0.717) is 11.4 Å². The van der Waals surface area contributed by atoms with Gasteiger partial charge in [0.25, 0.3) is 5.91 Å². The monoisotopic (exact) mass is 509 g/mol. The van der Waals surface area contributed by atoms with Gasteiger partial charge in [-0.15, -0.1) is 10.2 Å². The minimum absolute atomic E-state index is 0.172. The van der Waals surface area contributed by atoms with Crippen LogP contribution in [0.3, 0.4) is 0 Å². The highest BCUT2D eigenvalue weighted by Gasteiger charge is 2.18. The van der Waals surface area contributed by atoms with E-state index in [1.54, 1.807) is 0 Å². The number of nitrogens with zero attached hydrogens (tertiary/aromatic N) is 6. The highest BCUT2D eigenvalue weighted by atomic mass is 16.1. The van der Waals surface area contributed by atoms with Crippen LogP contribution in [0, 0.1) is 0 Å². The molecule has 4 heterocycles. The predicted octanol–water partition coefficient (Wildman–Crippen LogP) is 4.86.